The Morgan fingerprint density at radius 3 is 2.22 bits per heavy atom. The summed E-state index contributed by atoms with van der Waals surface area (Å²) in [7, 11) is 0. The monoisotopic (exact) mass is 564 g/mol. The molecule has 0 aliphatic carbocycles. The molecule has 0 saturated carbocycles. The van der Waals surface area contributed by atoms with Gasteiger partial charge in [0.15, 0.2) is 6.61 Å². The van der Waals surface area contributed by atoms with Gasteiger partial charge in [0.2, 0.25) is 5.91 Å². The molecule has 196 valence electrons. The standard InChI is InChI=1S/C31H37BrN2O3/c1-4-5-19-33-31(36)29(20-24-9-7-6-8-10-24)34(21-25-11-15-27(32)16-12-25)30(35)22-37-28-17-13-26(14-18-28)23(2)3/h6-18,23,29H,4-5,19-22H2,1-3H3,(H,33,36)/t29-/m1/s1. The number of halogens is 1. The molecule has 0 aromatic heterocycles. The Balaban J connectivity index is 1.85. The van der Waals surface area contributed by atoms with E-state index in [0.717, 1.165) is 28.4 Å². The van der Waals surface area contributed by atoms with Crippen LogP contribution in [0.2, 0.25) is 0 Å². The van der Waals surface area contributed by atoms with Crippen LogP contribution in [0.5, 0.6) is 5.75 Å². The first-order valence-corrected chi connectivity index (χ1v) is 13.7. The van der Waals surface area contributed by atoms with Gasteiger partial charge in [-0.15, -0.1) is 0 Å². The van der Waals surface area contributed by atoms with Crippen LogP contribution in [0.15, 0.2) is 83.3 Å². The van der Waals surface area contributed by atoms with Crippen LogP contribution in [0, 0.1) is 0 Å². The molecule has 5 nitrogen and oxygen atoms in total. The molecule has 6 heteroatoms. The van der Waals surface area contributed by atoms with E-state index in [1.54, 1.807) is 4.90 Å². The van der Waals surface area contributed by atoms with Crippen LogP contribution in [0.4, 0.5) is 0 Å². The summed E-state index contributed by atoms with van der Waals surface area (Å²) in [5.41, 5.74) is 3.15. The maximum absolute atomic E-state index is 13.6. The third kappa shape index (κ3) is 9.04. The third-order valence-electron chi connectivity index (χ3n) is 6.28. The summed E-state index contributed by atoms with van der Waals surface area (Å²) in [5, 5.41) is 3.04. The Hall–Kier alpha value is -3.12. The second-order valence-electron chi connectivity index (χ2n) is 9.51. The normalized spacial score (nSPS) is 11.7. The van der Waals surface area contributed by atoms with Gasteiger partial charge in [-0.2, -0.15) is 0 Å². The van der Waals surface area contributed by atoms with Crippen LogP contribution >= 0.6 is 15.9 Å². The van der Waals surface area contributed by atoms with E-state index in [4.69, 9.17) is 4.74 Å². The molecule has 0 aliphatic rings. The molecule has 0 unspecified atom stereocenters. The minimum Gasteiger partial charge on any atom is -0.484 e. The van der Waals surface area contributed by atoms with Gasteiger partial charge in [0.25, 0.3) is 5.91 Å². The highest BCUT2D eigenvalue weighted by Gasteiger charge is 2.30. The van der Waals surface area contributed by atoms with Crippen LogP contribution in [0.25, 0.3) is 0 Å². The Morgan fingerprint density at radius 2 is 1.59 bits per heavy atom. The fraction of sp³-hybridized carbons (Fsp3) is 0.355. The number of nitrogens with one attached hydrogen (secondary N) is 1. The van der Waals surface area contributed by atoms with Gasteiger partial charge in [0, 0.05) is 24.0 Å². The number of benzene rings is 3. The first kappa shape index (κ1) is 28.5. The molecule has 3 aromatic carbocycles. The molecule has 0 saturated heterocycles. The second-order valence-corrected chi connectivity index (χ2v) is 10.4. The fourth-order valence-electron chi connectivity index (χ4n) is 4.02. The van der Waals surface area contributed by atoms with Crippen molar-refractivity contribution in [1.82, 2.24) is 10.2 Å². The number of rotatable bonds is 13. The van der Waals surface area contributed by atoms with Crippen molar-refractivity contribution in [1.29, 1.82) is 0 Å². The molecule has 3 aromatic rings. The zero-order valence-corrected chi connectivity index (χ0v) is 23.5. The van der Waals surface area contributed by atoms with Crippen LogP contribution in [-0.4, -0.2) is 35.9 Å². The van der Waals surface area contributed by atoms with E-state index in [1.807, 2.05) is 78.9 Å². The van der Waals surface area contributed by atoms with Gasteiger partial charge in [-0.25, -0.2) is 0 Å². The predicted molar refractivity (Wildman–Crippen MR) is 153 cm³/mol. The highest BCUT2D eigenvalue weighted by atomic mass is 79.9. The quantitative estimate of drug-likeness (QED) is 0.241. The molecule has 0 radical (unpaired) electrons. The lowest BCUT2D eigenvalue weighted by molar-refractivity contribution is -0.142. The lowest BCUT2D eigenvalue weighted by Crippen LogP contribution is -2.51. The molecule has 1 N–H and O–H groups in total. The maximum atomic E-state index is 13.6. The predicted octanol–water partition coefficient (Wildman–Crippen LogP) is 6.51. The number of carbonyl (C=O) groups is 2. The number of ether oxygens (including phenoxy) is 1. The molecule has 37 heavy (non-hydrogen) atoms. The van der Waals surface area contributed by atoms with Gasteiger partial charge in [-0.05, 0) is 53.3 Å². The number of unbranched alkanes of at least 4 members (excludes halogenated alkanes) is 1. The minimum absolute atomic E-state index is 0.148. The highest BCUT2D eigenvalue weighted by molar-refractivity contribution is 9.10. The van der Waals surface area contributed by atoms with Gasteiger partial charge in [0.1, 0.15) is 11.8 Å². The number of nitrogens with zero attached hydrogens (tertiary/aromatic N) is 1. The van der Waals surface area contributed by atoms with Crippen LogP contribution < -0.4 is 10.1 Å². The van der Waals surface area contributed by atoms with Gasteiger partial charge in [0.05, 0.1) is 0 Å². The summed E-state index contributed by atoms with van der Waals surface area (Å²) in [4.78, 5) is 28.7. The van der Waals surface area contributed by atoms with Crippen LogP contribution in [0.1, 0.15) is 56.2 Å². The van der Waals surface area contributed by atoms with E-state index in [1.165, 1.54) is 5.56 Å². The SMILES string of the molecule is CCCCNC(=O)[C@@H](Cc1ccccc1)N(Cc1ccc(Br)cc1)C(=O)COc1ccc(C(C)C)cc1. The van der Waals surface area contributed by atoms with E-state index in [9.17, 15) is 9.59 Å². The molecular weight excluding hydrogens is 528 g/mol. The van der Waals surface area contributed by atoms with Crippen molar-refractivity contribution in [2.24, 2.45) is 0 Å². The fourth-order valence-corrected chi connectivity index (χ4v) is 4.29. The molecule has 0 heterocycles. The lowest BCUT2D eigenvalue weighted by Gasteiger charge is -2.31. The van der Waals surface area contributed by atoms with Gasteiger partial charge >= 0.3 is 0 Å². The smallest absolute Gasteiger partial charge is 0.261 e. The first-order valence-electron chi connectivity index (χ1n) is 13.0. The molecule has 1 atom stereocenters. The van der Waals surface area contributed by atoms with E-state index in [-0.39, 0.29) is 18.4 Å². The Morgan fingerprint density at radius 1 is 0.919 bits per heavy atom. The van der Waals surface area contributed by atoms with Gasteiger partial charge in [-0.3, -0.25) is 9.59 Å². The Kier molecular flexibility index (Phi) is 11.2. The summed E-state index contributed by atoms with van der Waals surface area (Å²) >= 11 is 3.47. The van der Waals surface area contributed by atoms with Crippen molar-refractivity contribution >= 4 is 27.7 Å². The van der Waals surface area contributed by atoms with Crippen molar-refractivity contribution in [3.8, 4) is 5.75 Å². The molecular formula is C31H37BrN2O3. The van der Waals surface area contributed by atoms with Crippen molar-refractivity contribution < 1.29 is 14.3 Å². The number of amides is 2. The summed E-state index contributed by atoms with van der Waals surface area (Å²) in [6.45, 7) is 7.10. The first-order chi connectivity index (χ1) is 17.9. The lowest BCUT2D eigenvalue weighted by atomic mass is 10.0. The zero-order chi connectivity index (χ0) is 26.6. The van der Waals surface area contributed by atoms with Crippen molar-refractivity contribution in [3.63, 3.8) is 0 Å². The van der Waals surface area contributed by atoms with Crippen molar-refractivity contribution in [3.05, 3.63) is 100 Å². The molecule has 3 rings (SSSR count). The number of carbonyl (C=O) groups excluding carboxylic acids is 2. The molecule has 0 spiro atoms. The Bertz CT molecular complexity index is 1120. The number of hydrogen-bond donors (Lipinski definition) is 1. The molecule has 2 amide bonds. The molecule has 0 bridgehead atoms. The van der Waals surface area contributed by atoms with Crippen LogP contribution in [-0.2, 0) is 22.6 Å². The second kappa shape index (κ2) is 14.6. The van der Waals surface area contributed by atoms with E-state index in [2.05, 4.69) is 42.0 Å². The van der Waals surface area contributed by atoms with E-state index in [0.29, 0.717) is 31.2 Å². The topological polar surface area (TPSA) is 58.6 Å². The summed E-state index contributed by atoms with van der Waals surface area (Å²) in [6, 6.07) is 24.8. The highest BCUT2D eigenvalue weighted by Crippen LogP contribution is 2.20. The Labute approximate surface area is 229 Å². The molecule has 0 fully saturated rings. The largest absolute Gasteiger partial charge is 0.484 e. The zero-order valence-electron chi connectivity index (χ0n) is 22.0. The third-order valence-corrected chi connectivity index (χ3v) is 6.80. The van der Waals surface area contributed by atoms with Crippen LogP contribution in [0.3, 0.4) is 0 Å². The average Bonchev–Trinajstić information content (AvgIpc) is 2.91. The molecule has 0 aliphatic heterocycles. The van der Waals surface area contributed by atoms with E-state index >= 15 is 0 Å². The average molecular weight is 566 g/mol. The number of hydrogen-bond acceptors (Lipinski definition) is 3. The summed E-state index contributed by atoms with van der Waals surface area (Å²) < 4.78 is 6.85. The van der Waals surface area contributed by atoms with Crippen molar-refractivity contribution in [2.45, 2.75) is 58.5 Å². The van der Waals surface area contributed by atoms with Gasteiger partial charge < -0.3 is 15.0 Å². The minimum atomic E-state index is -0.665. The maximum Gasteiger partial charge on any atom is 0.261 e. The van der Waals surface area contributed by atoms with Gasteiger partial charge in [-0.1, -0.05) is 97.7 Å². The van der Waals surface area contributed by atoms with E-state index < -0.39 is 6.04 Å². The van der Waals surface area contributed by atoms with Crippen molar-refractivity contribution in [2.75, 3.05) is 13.2 Å². The summed E-state index contributed by atoms with van der Waals surface area (Å²) in [6.07, 6.45) is 2.29. The summed E-state index contributed by atoms with van der Waals surface area (Å²) in [5.74, 6) is 0.668.